The van der Waals surface area contributed by atoms with E-state index in [9.17, 15) is 9.59 Å². The van der Waals surface area contributed by atoms with Crippen LogP contribution >= 0.6 is 0 Å². The van der Waals surface area contributed by atoms with Gasteiger partial charge in [-0.1, -0.05) is 18.2 Å². The summed E-state index contributed by atoms with van der Waals surface area (Å²) in [6.07, 6.45) is 4.42. The number of hydrogen-bond donors (Lipinski definition) is 1. The van der Waals surface area contributed by atoms with Gasteiger partial charge in [0.05, 0.1) is 12.7 Å². The number of ether oxygens (including phenoxy) is 1. The van der Waals surface area contributed by atoms with Crippen LogP contribution in [0.1, 0.15) is 0 Å². The zero-order valence-electron chi connectivity index (χ0n) is 6.48. The molecule has 1 aliphatic rings. The molecule has 1 unspecified atom stereocenters. The minimum atomic E-state index is -1.09. The Morgan fingerprint density at radius 2 is 2.25 bits per heavy atom. The van der Waals surface area contributed by atoms with E-state index >= 15 is 0 Å². The first-order chi connectivity index (χ1) is 5.66. The Morgan fingerprint density at radius 1 is 1.58 bits per heavy atom. The molecule has 0 amide bonds. The van der Waals surface area contributed by atoms with Crippen LogP contribution in [-0.2, 0) is 14.3 Å². The second-order valence-electron chi connectivity index (χ2n) is 2.31. The van der Waals surface area contributed by atoms with Gasteiger partial charge < -0.3 is 9.84 Å². The minimum absolute atomic E-state index is 0.0573. The van der Waals surface area contributed by atoms with Crippen molar-refractivity contribution < 1.29 is 19.4 Å². The fourth-order valence-electron chi connectivity index (χ4n) is 1.01. The number of carboxylic acids is 1. The van der Waals surface area contributed by atoms with Crippen molar-refractivity contribution in [1.29, 1.82) is 0 Å². The van der Waals surface area contributed by atoms with Gasteiger partial charge in [0.1, 0.15) is 5.92 Å². The van der Waals surface area contributed by atoms with E-state index in [0.717, 1.165) is 0 Å². The number of hydrogen-bond acceptors (Lipinski definition) is 3. The lowest BCUT2D eigenvalue weighted by Gasteiger charge is -2.06. The molecule has 0 saturated carbocycles. The number of methoxy groups -OCH3 is 1. The molecule has 0 radical (unpaired) electrons. The first kappa shape index (κ1) is 8.52. The summed E-state index contributed by atoms with van der Waals surface area (Å²) < 4.78 is 4.42. The minimum Gasteiger partial charge on any atom is -0.478 e. The van der Waals surface area contributed by atoms with Crippen LogP contribution in [0.5, 0.6) is 0 Å². The van der Waals surface area contributed by atoms with Crippen LogP contribution in [0.3, 0.4) is 0 Å². The SMILES string of the molecule is COC(=O)C1C=CC=C1C(=O)O. The van der Waals surface area contributed by atoms with E-state index in [1.54, 1.807) is 0 Å². The third kappa shape index (κ3) is 1.37. The molecule has 1 rings (SSSR count). The molecule has 1 aliphatic carbocycles. The number of carbonyl (C=O) groups is 2. The molecule has 4 nitrogen and oxygen atoms in total. The Bertz CT molecular complexity index is 275. The third-order valence-electron chi connectivity index (χ3n) is 1.62. The van der Waals surface area contributed by atoms with Crippen molar-refractivity contribution in [3.8, 4) is 0 Å². The monoisotopic (exact) mass is 168 g/mol. The third-order valence-corrected chi connectivity index (χ3v) is 1.62. The molecular formula is C8H8O4. The molecule has 1 N–H and O–H groups in total. The summed E-state index contributed by atoms with van der Waals surface area (Å²) in [5.41, 5.74) is 0.0573. The van der Waals surface area contributed by atoms with E-state index in [2.05, 4.69) is 4.74 Å². The fraction of sp³-hybridized carbons (Fsp3) is 0.250. The Balaban J connectivity index is 2.80. The molecule has 0 bridgehead atoms. The fourth-order valence-corrected chi connectivity index (χ4v) is 1.01. The van der Waals surface area contributed by atoms with Gasteiger partial charge >= 0.3 is 11.9 Å². The molecule has 0 heterocycles. The molecule has 0 aromatic carbocycles. The summed E-state index contributed by atoms with van der Waals surface area (Å²) in [6.45, 7) is 0. The lowest BCUT2D eigenvalue weighted by atomic mass is 10.0. The maximum Gasteiger partial charge on any atom is 0.332 e. The van der Waals surface area contributed by atoms with Crippen molar-refractivity contribution in [2.45, 2.75) is 0 Å². The lowest BCUT2D eigenvalue weighted by molar-refractivity contribution is -0.145. The molecular weight excluding hydrogens is 160 g/mol. The van der Waals surface area contributed by atoms with Gasteiger partial charge in [0.15, 0.2) is 0 Å². The predicted octanol–water partition coefficient (Wildman–Crippen LogP) is 0.356. The van der Waals surface area contributed by atoms with Crippen molar-refractivity contribution in [1.82, 2.24) is 0 Å². The lowest BCUT2D eigenvalue weighted by Crippen LogP contribution is -2.19. The van der Waals surface area contributed by atoms with Gasteiger partial charge in [-0.3, -0.25) is 4.79 Å². The quantitative estimate of drug-likeness (QED) is 0.604. The van der Waals surface area contributed by atoms with Crippen LogP contribution in [0, 0.1) is 5.92 Å². The molecule has 0 fully saturated rings. The van der Waals surface area contributed by atoms with E-state index in [1.807, 2.05) is 0 Å². The Labute approximate surface area is 69.1 Å². The van der Waals surface area contributed by atoms with Crippen LogP contribution in [-0.4, -0.2) is 24.2 Å². The van der Waals surface area contributed by atoms with Crippen LogP contribution < -0.4 is 0 Å². The van der Waals surface area contributed by atoms with Crippen molar-refractivity contribution in [3.63, 3.8) is 0 Å². The molecule has 0 saturated heterocycles. The van der Waals surface area contributed by atoms with Crippen LogP contribution in [0.4, 0.5) is 0 Å². The van der Waals surface area contributed by atoms with Crippen LogP contribution in [0.25, 0.3) is 0 Å². The van der Waals surface area contributed by atoms with Gasteiger partial charge in [-0.25, -0.2) is 4.79 Å². The highest BCUT2D eigenvalue weighted by atomic mass is 16.5. The largest absolute Gasteiger partial charge is 0.478 e. The molecule has 4 heteroatoms. The molecule has 0 spiro atoms. The zero-order chi connectivity index (χ0) is 9.14. The summed E-state index contributed by atoms with van der Waals surface area (Å²) in [5, 5.41) is 8.61. The Morgan fingerprint density at radius 3 is 2.75 bits per heavy atom. The van der Waals surface area contributed by atoms with E-state index in [4.69, 9.17) is 5.11 Å². The van der Waals surface area contributed by atoms with Gasteiger partial charge in [0.2, 0.25) is 0 Å². The smallest absolute Gasteiger partial charge is 0.332 e. The van der Waals surface area contributed by atoms with E-state index in [0.29, 0.717) is 0 Å². The first-order valence-electron chi connectivity index (χ1n) is 3.36. The molecule has 64 valence electrons. The van der Waals surface area contributed by atoms with Gasteiger partial charge in [-0.2, -0.15) is 0 Å². The summed E-state index contributed by atoms with van der Waals surface area (Å²) in [5.74, 6) is -2.37. The van der Waals surface area contributed by atoms with E-state index < -0.39 is 17.9 Å². The number of carbonyl (C=O) groups excluding carboxylic acids is 1. The highest BCUT2D eigenvalue weighted by molar-refractivity contribution is 5.96. The zero-order valence-corrected chi connectivity index (χ0v) is 6.48. The normalized spacial score (nSPS) is 20.4. The van der Waals surface area contributed by atoms with Crippen molar-refractivity contribution in [3.05, 3.63) is 23.8 Å². The molecule has 1 atom stereocenters. The highest BCUT2D eigenvalue weighted by Gasteiger charge is 2.27. The number of allylic oxidation sites excluding steroid dienone is 2. The van der Waals surface area contributed by atoms with E-state index in [1.165, 1.54) is 25.3 Å². The number of carboxylic acid groups (broad SMARTS) is 1. The molecule has 0 aliphatic heterocycles. The van der Waals surface area contributed by atoms with Crippen molar-refractivity contribution in [2.75, 3.05) is 7.11 Å². The summed E-state index contributed by atoms with van der Waals surface area (Å²) in [7, 11) is 1.23. The Hall–Kier alpha value is -1.58. The van der Waals surface area contributed by atoms with Crippen molar-refractivity contribution in [2.24, 2.45) is 5.92 Å². The highest BCUT2D eigenvalue weighted by Crippen LogP contribution is 2.20. The number of rotatable bonds is 2. The molecule has 12 heavy (non-hydrogen) atoms. The molecule has 0 aromatic heterocycles. The maximum absolute atomic E-state index is 11.0. The van der Waals surface area contributed by atoms with Crippen LogP contribution in [0.2, 0.25) is 0 Å². The average Bonchev–Trinajstić information content (AvgIpc) is 2.50. The van der Waals surface area contributed by atoms with Gasteiger partial charge in [0.25, 0.3) is 0 Å². The summed E-state index contributed by atoms with van der Waals surface area (Å²) >= 11 is 0. The summed E-state index contributed by atoms with van der Waals surface area (Å²) in [6, 6.07) is 0. The standard InChI is InChI=1S/C8H8O4/c1-12-8(11)6-4-2-3-5(6)7(9)10/h2-4,6H,1H3,(H,9,10). The van der Waals surface area contributed by atoms with Gasteiger partial charge in [-0.15, -0.1) is 0 Å². The predicted molar refractivity (Wildman–Crippen MR) is 40.4 cm³/mol. The average molecular weight is 168 g/mol. The van der Waals surface area contributed by atoms with Crippen LogP contribution in [0.15, 0.2) is 23.8 Å². The number of aliphatic carboxylic acids is 1. The number of esters is 1. The second-order valence-corrected chi connectivity index (χ2v) is 2.31. The second kappa shape index (κ2) is 3.21. The van der Waals surface area contributed by atoms with Crippen molar-refractivity contribution >= 4 is 11.9 Å². The topological polar surface area (TPSA) is 63.6 Å². The van der Waals surface area contributed by atoms with E-state index in [-0.39, 0.29) is 5.57 Å². The van der Waals surface area contributed by atoms with Gasteiger partial charge in [-0.05, 0) is 0 Å². The van der Waals surface area contributed by atoms with Gasteiger partial charge in [0, 0.05) is 0 Å². The first-order valence-corrected chi connectivity index (χ1v) is 3.36. The molecule has 0 aromatic rings. The summed E-state index contributed by atoms with van der Waals surface area (Å²) in [4.78, 5) is 21.5. The maximum atomic E-state index is 11.0. The Kier molecular flexibility index (Phi) is 2.28.